The molecule has 34 heavy (non-hydrogen) atoms. The number of carboxylic acids is 1. The molecule has 4 rings (SSSR count). The zero-order chi connectivity index (χ0) is 24.5. The lowest BCUT2D eigenvalue weighted by molar-refractivity contribution is -0.153. The van der Waals surface area contributed by atoms with Crippen molar-refractivity contribution in [3.8, 4) is 0 Å². The van der Waals surface area contributed by atoms with Gasteiger partial charge in [-0.25, -0.2) is 19.2 Å². The van der Waals surface area contributed by atoms with Crippen molar-refractivity contribution < 1.29 is 18.7 Å². The van der Waals surface area contributed by atoms with Crippen molar-refractivity contribution >= 4 is 23.4 Å². The highest BCUT2D eigenvalue weighted by molar-refractivity contribution is 6.30. The summed E-state index contributed by atoms with van der Waals surface area (Å²) in [7, 11) is 0. The maximum Gasteiger partial charge on any atom is 0.310 e. The van der Waals surface area contributed by atoms with E-state index in [0.717, 1.165) is 6.42 Å². The number of pyridine rings is 1. The van der Waals surface area contributed by atoms with Crippen molar-refractivity contribution in [2.45, 2.75) is 64.3 Å². The molecule has 7 nitrogen and oxygen atoms in total. The van der Waals surface area contributed by atoms with E-state index in [4.69, 9.17) is 11.6 Å². The summed E-state index contributed by atoms with van der Waals surface area (Å²) in [6.45, 7) is 4.73. The van der Waals surface area contributed by atoms with E-state index in [9.17, 15) is 18.7 Å². The van der Waals surface area contributed by atoms with Gasteiger partial charge in [0.2, 0.25) is 0 Å². The molecular formula is C24H30ClF2N5O2. The molecule has 4 atom stereocenters. The third kappa shape index (κ3) is 5.33. The highest BCUT2D eigenvalue weighted by Gasteiger charge is 2.45. The second-order valence-electron chi connectivity index (χ2n) is 9.50. The average molecular weight is 494 g/mol. The number of nitrogens with one attached hydrogen (secondary N) is 3. The number of benzene rings is 1. The lowest BCUT2D eigenvalue weighted by Crippen LogP contribution is -2.50. The van der Waals surface area contributed by atoms with Crippen LogP contribution in [0.25, 0.3) is 0 Å². The molecule has 2 unspecified atom stereocenters. The number of piperidine rings is 1. The van der Waals surface area contributed by atoms with Crippen molar-refractivity contribution in [1.29, 1.82) is 0 Å². The van der Waals surface area contributed by atoms with Crippen molar-refractivity contribution in [2.75, 3.05) is 11.9 Å². The largest absolute Gasteiger partial charge is 0.481 e. The number of hydrogen-bond acceptors (Lipinski definition) is 6. The second kappa shape index (κ2) is 10.1. The quantitative estimate of drug-likeness (QED) is 0.464. The summed E-state index contributed by atoms with van der Waals surface area (Å²) in [4.78, 5) is 18.9. The summed E-state index contributed by atoms with van der Waals surface area (Å²) in [6, 6.07) is 7.90. The van der Waals surface area contributed by atoms with Gasteiger partial charge in [0.1, 0.15) is 17.5 Å². The molecule has 0 saturated carbocycles. The van der Waals surface area contributed by atoms with Crippen molar-refractivity contribution in [3.05, 3.63) is 58.2 Å². The van der Waals surface area contributed by atoms with Crippen LogP contribution in [0.5, 0.6) is 0 Å². The third-order valence-electron chi connectivity index (χ3n) is 6.89. The minimum Gasteiger partial charge on any atom is -0.481 e. The lowest BCUT2D eigenvalue weighted by Gasteiger charge is -2.43. The molecule has 0 aliphatic carbocycles. The first-order valence-corrected chi connectivity index (χ1v) is 11.9. The summed E-state index contributed by atoms with van der Waals surface area (Å²) in [5.74, 6) is -1.45. The lowest BCUT2D eigenvalue weighted by atomic mass is 9.72. The first-order valence-electron chi connectivity index (χ1n) is 11.5. The Hall–Kier alpha value is -2.33. The predicted molar refractivity (Wildman–Crippen MR) is 126 cm³/mol. The topological polar surface area (TPSA) is 89.5 Å². The molecule has 0 bridgehead atoms. The Labute approximate surface area is 202 Å². The van der Waals surface area contributed by atoms with Crippen molar-refractivity contribution in [1.82, 2.24) is 20.7 Å². The fraction of sp³-hybridized carbons (Fsp3) is 0.500. The molecule has 4 N–H and O–H groups in total. The van der Waals surface area contributed by atoms with Crippen LogP contribution in [0.4, 0.5) is 14.6 Å². The van der Waals surface area contributed by atoms with E-state index in [0.29, 0.717) is 43.4 Å². The fourth-order valence-corrected chi connectivity index (χ4v) is 5.12. The Bertz CT molecular complexity index is 1060. The summed E-state index contributed by atoms with van der Waals surface area (Å²) >= 11 is 5.91. The number of nitrogens with zero attached hydrogens (tertiary/aromatic N) is 2. The Balaban J connectivity index is 1.48. The Kier molecular flexibility index (Phi) is 7.37. The van der Waals surface area contributed by atoms with Gasteiger partial charge >= 0.3 is 5.97 Å². The zero-order valence-electron chi connectivity index (χ0n) is 19.2. The monoisotopic (exact) mass is 493 g/mol. The van der Waals surface area contributed by atoms with Gasteiger partial charge in [-0.05, 0) is 57.9 Å². The fourth-order valence-electron chi connectivity index (χ4n) is 4.93. The van der Waals surface area contributed by atoms with Crippen LogP contribution in [0.1, 0.15) is 44.4 Å². The van der Waals surface area contributed by atoms with E-state index >= 15 is 0 Å². The number of hydrogen-bond donors (Lipinski definition) is 4. The van der Waals surface area contributed by atoms with Crippen LogP contribution < -0.4 is 16.2 Å². The van der Waals surface area contributed by atoms with E-state index in [1.807, 2.05) is 18.7 Å². The van der Waals surface area contributed by atoms with E-state index in [1.54, 1.807) is 18.2 Å². The minimum absolute atomic E-state index is 0.0137. The summed E-state index contributed by atoms with van der Waals surface area (Å²) in [5.41, 5.74) is 5.66. The Morgan fingerprint density at radius 2 is 2.09 bits per heavy atom. The Morgan fingerprint density at radius 1 is 1.29 bits per heavy atom. The molecule has 2 aromatic rings. The molecule has 2 fully saturated rings. The highest BCUT2D eigenvalue weighted by atomic mass is 35.5. The normalized spacial score (nSPS) is 27.6. The highest BCUT2D eigenvalue weighted by Crippen LogP contribution is 2.39. The van der Waals surface area contributed by atoms with Gasteiger partial charge in [-0.3, -0.25) is 15.1 Å². The average Bonchev–Trinajstić information content (AvgIpc) is 3.20. The van der Waals surface area contributed by atoms with Gasteiger partial charge in [-0.2, -0.15) is 0 Å². The zero-order valence-corrected chi connectivity index (χ0v) is 20.0. The van der Waals surface area contributed by atoms with Gasteiger partial charge < -0.3 is 10.4 Å². The first-order chi connectivity index (χ1) is 16.2. The summed E-state index contributed by atoms with van der Waals surface area (Å²) < 4.78 is 29.1. The third-order valence-corrected chi connectivity index (χ3v) is 7.18. The number of carbonyl (C=O) groups is 1. The van der Waals surface area contributed by atoms with Crippen LogP contribution in [0.3, 0.4) is 0 Å². The van der Waals surface area contributed by atoms with Gasteiger partial charge in [-0.15, -0.1) is 0 Å². The van der Waals surface area contributed by atoms with Gasteiger partial charge in [0.05, 0.1) is 22.3 Å². The maximum atomic E-state index is 14.7. The standard InChI is InChI=1S/C24H30ClF2N5O2/c1-14-10-21(31-30-14)29-20-7-6-18(26)19(28-20)12-24(23(33)34)8-9-32(15(2)11-24)13-16-4-3-5-17(25)22(16)27/h3-7,14-15,21,30-31H,8-13H2,1-2H3,(H,28,29)(H,33,34)/t14?,15-,21?,24-/m1/s1. The Morgan fingerprint density at radius 3 is 2.76 bits per heavy atom. The van der Waals surface area contributed by atoms with Crippen LogP contribution in [-0.2, 0) is 17.8 Å². The molecule has 0 radical (unpaired) electrons. The van der Waals surface area contributed by atoms with E-state index in [1.165, 1.54) is 12.1 Å². The molecule has 1 aromatic carbocycles. The number of rotatable bonds is 7. The molecule has 3 heterocycles. The van der Waals surface area contributed by atoms with Gasteiger partial charge in [0.25, 0.3) is 0 Å². The molecule has 0 amide bonds. The molecule has 0 spiro atoms. The molecule has 2 aliphatic rings. The minimum atomic E-state index is -1.16. The second-order valence-corrected chi connectivity index (χ2v) is 9.90. The van der Waals surface area contributed by atoms with Crippen LogP contribution >= 0.6 is 11.6 Å². The number of aromatic nitrogens is 1. The molecular weight excluding hydrogens is 464 g/mol. The molecule has 10 heteroatoms. The maximum absolute atomic E-state index is 14.7. The number of likely N-dealkylation sites (tertiary alicyclic amines) is 1. The summed E-state index contributed by atoms with van der Waals surface area (Å²) in [6.07, 6.45) is 1.37. The van der Waals surface area contributed by atoms with Gasteiger partial charge in [0.15, 0.2) is 0 Å². The van der Waals surface area contributed by atoms with Crippen LogP contribution in [0.2, 0.25) is 5.02 Å². The first kappa shape index (κ1) is 24.8. The molecule has 2 aliphatic heterocycles. The van der Waals surface area contributed by atoms with Gasteiger partial charge in [0, 0.05) is 30.6 Å². The van der Waals surface area contributed by atoms with E-state index < -0.39 is 23.0 Å². The van der Waals surface area contributed by atoms with Crippen molar-refractivity contribution in [3.63, 3.8) is 0 Å². The van der Waals surface area contributed by atoms with Crippen molar-refractivity contribution in [2.24, 2.45) is 5.41 Å². The SMILES string of the molecule is CC1CC(Nc2ccc(F)c(C[C@@]3(C(=O)O)CCN(Cc4cccc(Cl)c4F)[C@H](C)C3)n2)NN1. The van der Waals surface area contributed by atoms with E-state index in [2.05, 4.69) is 21.2 Å². The molecule has 2 saturated heterocycles. The summed E-state index contributed by atoms with van der Waals surface area (Å²) in [5, 5.41) is 13.4. The molecule has 184 valence electrons. The number of halogens is 3. The molecule has 1 aromatic heterocycles. The van der Waals surface area contributed by atoms with Crippen LogP contribution in [-0.4, -0.2) is 45.8 Å². The number of hydrazine groups is 1. The van der Waals surface area contributed by atoms with E-state index in [-0.39, 0.29) is 29.3 Å². The number of aliphatic carboxylic acids is 1. The van der Waals surface area contributed by atoms with Crippen LogP contribution in [0.15, 0.2) is 30.3 Å². The number of anilines is 1. The van der Waals surface area contributed by atoms with Crippen LogP contribution in [0, 0.1) is 17.0 Å². The number of carboxylic acid groups (broad SMARTS) is 1. The predicted octanol–water partition coefficient (Wildman–Crippen LogP) is 3.94. The smallest absolute Gasteiger partial charge is 0.310 e. The van der Waals surface area contributed by atoms with Gasteiger partial charge in [-0.1, -0.05) is 23.7 Å².